The van der Waals surface area contributed by atoms with Crippen LogP contribution in [0.5, 0.6) is 0 Å². The fraction of sp³-hybridized carbons (Fsp3) is 0.0476. The summed E-state index contributed by atoms with van der Waals surface area (Å²) in [6.45, 7) is -0.544. The smallest absolute Gasteiger partial charge is 0.355 e. The zero-order valence-electron chi connectivity index (χ0n) is 14.8. The van der Waals surface area contributed by atoms with Gasteiger partial charge in [0.2, 0.25) is 0 Å². The number of hydrogen-bond donors (Lipinski definition) is 2. The number of carbonyl (C=O) groups excluding carboxylic acids is 4. The molecule has 0 atom stereocenters. The van der Waals surface area contributed by atoms with Crippen LogP contribution in [0.1, 0.15) is 42.3 Å². The highest BCUT2D eigenvalue weighted by molar-refractivity contribution is 9.10. The summed E-state index contributed by atoms with van der Waals surface area (Å²) in [5.41, 5.74) is 1.36. The first-order chi connectivity index (χ1) is 14.0. The van der Waals surface area contributed by atoms with Gasteiger partial charge < -0.3 is 15.0 Å². The van der Waals surface area contributed by atoms with Crippen LogP contribution in [0.3, 0.4) is 0 Å². The normalized spacial score (nSPS) is 12.2. The Morgan fingerprint density at radius 3 is 2.34 bits per heavy atom. The number of carbonyl (C=O) groups is 4. The van der Waals surface area contributed by atoms with Crippen LogP contribution in [0, 0.1) is 0 Å². The number of hydrogen-bond acceptors (Lipinski definition) is 5. The van der Waals surface area contributed by atoms with E-state index in [-0.39, 0.29) is 39.6 Å². The maximum Gasteiger partial charge on any atom is 0.355 e. The highest BCUT2D eigenvalue weighted by atomic mass is 79.9. The Kier molecular flexibility index (Phi) is 4.85. The molecule has 1 aromatic heterocycles. The number of rotatable bonds is 4. The van der Waals surface area contributed by atoms with E-state index in [2.05, 4.69) is 26.2 Å². The largest absolute Gasteiger partial charge is 0.451 e. The van der Waals surface area contributed by atoms with Crippen molar-refractivity contribution >= 4 is 45.1 Å². The topological polar surface area (TPSA) is 105 Å². The zero-order chi connectivity index (χ0) is 20.5. The number of ether oxygens (including phenoxy) is 1. The van der Waals surface area contributed by atoms with Gasteiger partial charge in [-0.1, -0.05) is 36.4 Å². The van der Waals surface area contributed by atoms with Crippen molar-refractivity contribution in [3.63, 3.8) is 0 Å². The molecule has 29 heavy (non-hydrogen) atoms. The molecule has 3 aromatic rings. The molecule has 144 valence electrons. The summed E-state index contributed by atoms with van der Waals surface area (Å²) in [4.78, 5) is 52.5. The summed E-state index contributed by atoms with van der Waals surface area (Å²) < 4.78 is 5.64. The lowest BCUT2D eigenvalue weighted by Gasteiger charge is -2.20. The average molecular weight is 453 g/mol. The molecule has 1 aliphatic rings. The minimum absolute atomic E-state index is 0.129. The number of nitrogens with one attached hydrogen (secondary N) is 2. The number of esters is 1. The molecule has 1 amide bonds. The fourth-order valence-corrected chi connectivity index (χ4v) is 3.47. The number of amides is 1. The summed E-state index contributed by atoms with van der Waals surface area (Å²) in [6, 6.07) is 12.7. The maximum absolute atomic E-state index is 12.9. The van der Waals surface area contributed by atoms with Crippen LogP contribution >= 0.6 is 15.9 Å². The van der Waals surface area contributed by atoms with Crippen molar-refractivity contribution in [2.75, 3.05) is 11.9 Å². The summed E-state index contributed by atoms with van der Waals surface area (Å²) >= 11 is 3.20. The Hall–Kier alpha value is -3.52. The van der Waals surface area contributed by atoms with E-state index >= 15 is 0 Å². The molecule has 1 aliphatic carbocycles. The molecular weight excluding hydrogens is 440 g/mol. The highest BCUT2D eigenvalue weighted by Gasteiger charge is 2.31. The van der Waals surface area contributed by atoms with Crippen LogP contribution in [0.15, 0.2) is 59.2 Å². The molecule has 0 unspecified atom stereocenters. The van der Waals surface area contributed by atoms with Gasteiger partial charge in [0.05, 0.1) is 11.3 Å². The van der Waals surface area contributed by atoms with Crippen LogP contribution < -0.4 is 5.32 Å². The molecule has 0 radical (unpaired) electrons. The van der Waals surface area contributed by atoms with E-state index in [1.165, 1.54) is 12.1 Å². The Balaban J connectivity index is 1.53. The number of benzene rings is 2. The Morgan fingerprint density at radius 1 is 0.966 bits per heavy atom. The number of aromatic nitrogens is 1. The molecular formula is C21H13BrN2O5. The number of halogens is 1. The number of H-pyrrole nitrogens is 1. The number of aromatic amines is 1. The first-order valence-electron chi connectivity index (χ1n) is 8.58. The number of fused-ring (bicyclic) bond motifs is 2. The van der Waals surface area contributed by atoms with Gasteiger partial charge in [-0.2, -0.15) is 0 Å². The average Bonchev–Trinajstić information content (AvgIpc) is 3.16. The van der Waals surface area contributed by atoms with Crippen LogP contribution in [-0.2, 0) is 9.53 Å². The molecule has 2 aromatic carbocycles. The van der Waals surface area contributed by atoms with E-state index in [0.717, 1.165) is 0 Å². The number of ketones is 2. The van der Waals surface area contributed by atoms with E-state index in [9.17, 15) is 19.2 Å². The van der Waals surface area contributed by atoms with Gasteiger partial charge in [0.1, 0.15) is 5.69 Å². The summed E-state index contributed by atoms with van der Waals surface area (Å²) in [5.74, 6) is -1.95. The van der Waals surface area contributed by atoms with Crippen LogP contribution in [0.25, 0.3) is 0 Å². The molecule has 1 heterocycles. The van der Waals surface area contributed by atoms with E-state index < -0.39 is 18.5 Å². The van der Waals surface area contributed by atoms with Crippen molar-refractivity contribution in [3.05, 3.63) is 87.1 Å². The maximum atomic E-state index is 12.9. The van der Waals surface area contributed by atoms with Crippen molar-refractivity contribution in [3.8, 4) is 0 Å². The summed E-state index contributed by atoms with van der Waals surface area (Å²) in [5, 5.41) is 2.56. The molecule has 0 saturated carbocycles. The van der Waals surface area contributed by atoms with Gasteiger partial charge in [-0.3, -0.25) is 14.4 Å². The minimum Gasteiger partial charge on any atom is -0.451 e. The monoisotopic (exact) mass is 452 g/mol. The van der Waals surface area contributed by atoms with Crippen LogP contribution in [-0.4, -0.2) is 35.0 Å². The second-order valence-electron chi connectivity index (χ2n) is 6.29. The van der Waals surface area contributed by atoms with Gasteiger partial charge in [0, 0.05) is 27.4 Å². The van der Waals surface area contributed by atoms with Gasteiger partial charge in [-0.15, -0.1) is 0 Å². The van der Waals surface area contributed by atoms with Crippen LogP contribution in [0.2, 0.25) is 0 Å². The molecule has 0 saturated heterocycles. The molecule has 0 fully saturated rings. The highest BCUT2D eigenvalue weighted by Crippen LogP contribution is 2.31. The molecule has 0 aliphatic heterocycles. The lowest BCUT2D eigenvalue weighted by atomic mass is 9.83. The second kappa shape index (κ2) is 7.48. The van der Waals surface area contributed by atoms with E-state index in [1.54, 1.807) is 42.6 Å². The third kappa shape index (κ3) is 3.50. The predicted octanol–water partition coefficient (Wildman–Crippen LogP) is 3.35. The molecule has 8 heteroatoms. The standard InChI is InChI=1S/C21H13BrN2O5/c22-11-8-16(23-9-11)21(28)29-10-17(25)24-15-7-3-6-14-18(15)20(27)13-5-2-1-4-12(13)19(14)26/h1-9,23H,10H2,(H,24,25). The van der Waals surface area contributed by atoms with Crippen molar-refractivity contribution in [2.45, 2.75) is 0 Å². The molecule has 7 nitrogen and oxygen atoms in total. The lowest BCUT2D eigenvalue weighted by molar-refractivity contribution is -0.119. The summed E-state index contributed by atoms with van der Waals surface area (Å²) in [6.07, 6.45) is 1.56. The van der Waals surface area contributed by atoms with E-state index in [1.807, 2.05) is 0 Å². The first kappa shape index (κ1) is 18.8. The van der Waals surface area contributed by atoms with Crippen LogP contribution in [0.4, 0.5) is 5.69 Å². The fourth-order valence-electron chi connectivity index (χ4n) is 3.13. The molecule has 0 spiro atoms. The van der Waals surface area contributed by atoms with Gasteiger partial charge in [0.15, 0.2) is 18.2 Å². The third-order valence-corrected chi connectivity index (χ3v) is 4.89. The van der Waals surface area contributed by atoms with Gasteiger partial charge in [-0.05, 0) is 28.1 Å². The van der Waals surface area contributed by atoms with Gasteiger partial charge >= 0.3 is 5.97 Å². The SMILES string of the molecule is O=C(COC(=O)c1cc(Br)c[nH]1)Nc1cccc2c1C(=O)c1ccccc1C2=O. The van der Waals surface area contributed by atoms with Gasteiger partial charge in [0.25, 0.3) is 5.91 Å². The second-order valence-corrected chi connectivity index (χ2v) is 7.20. The zero-order valence-corrected chi connectivity index (χ0v) is 16.4. The number of anilines is 1. The predicted molar refractivity (Wildman–Crippen MR) is 107 cm³/mol. The van der Waals surface area contributed by atoms with Crippen molar-refractivity contribution < 1.29 is 23.9 Å². The quantitative estimate of drug-likeness (QED) is 0.461. The van der Waals surface area contributed by atoms with Crippen molar-refractivity contribution in [2.24, 2.45) is 0 Å². The Bertz CT molecular complexity index is 1180. The van der Waals surface area contributed by atoms with Gasteiger partial charge in [-0.25, -0.2) is 4.79 Å². The van der Waals surface area contributed by atoms with E-state index in [0.29, 0.717) is 10.0 Å². The first-order valence-corrected chi connectivity index (χ1v) is 9.37. The van der Waals surface area contributed by atoms with E-state index in [4.69, 9.17) is 4.74 Å². The lowest BCUT2D eigenvalue weighted by Crippen LogP contribution is -2.26. The minimum atomic E-state index is -0.693. The summed E-state index contributed by atoms with van der Waals surface area (Å²) in [7, 11) is 0. The van der Waals surface area contributed by atoms with Crippen molar-refractivity contribution in [1.29, 1.82) is 0 Å². The molecule has 2 N–H and O–H groups in total. The van der Waals surface area contributed by atoms with Crippen molar-refractivity contribution in [1.82, 2.24) is 4.98 Å². The Morgan fingerprint density at radius 2 is 1.66 bits per heavy atom. The Labute approximate surface area is 173 Å². The third-order valence-electron chi connectivity index (χ3n) is 4.43. The molecule has 0 bridgehead atoms. The molecule has 4 rings (SSSR count).